The van der Waals surface area contributed by atoms with Crippen molar-refractivity contribution in [2.45, 2.75) is 82.3 Å². The zero-order valence-electron chi connectivity index (χ0n) is 21.4. The third kappa shape index (κ3) is 4.82. The SMILES string of the molecule is O=C(N1CCc2ncc(C(F)(F)F)cc2C1)[C@@]12CCC[C@@H]1C[C@@H](N1CCC(n3ccc(C(F)(F)F)n3)CC1)C2. The van der Waals surface area contributed by atoms with Gasteiger partial charge in [-0.3, -0.25) is 14.5 Å². The molecule has 2 aromatic rings. The average molecular weight is 556 g/mol. The first-order chi connectivity index (χ1) is 18.4. The number of aromatic nitrogens is 3. The van der Waals surface area contributed by atoms with Gasteiger partial charge in [0.1, 0.15) is 0 Å². The fourth-order valence-corrected chi connectivity index (χ4v) is 7.51. The first-order valence-electron chi connectivity index (χ1n) is 13.6. The standard InChI is InChI=1S/C27H31F6N5O/c28-26(29,30)19-12-17-16-37(10-5-22(17)34-15-19)24(39)25-7-1-2-18(25)13-21(14-25)36-8-3-20(4-9-36)38-11-6-23(35-38)27(31,32)33/h6,11-12,15,18,20-21H,1-5,7-10,13-14,16H2/t18-,21-,25-/m1/s1. The summed E-state index contributed by atoms with van der Waals surface area (Å²) in [6.07, 6.45) is -0.470. The fourth-order valence-electron chi connectivity index (χ4n) is 7.51. The molecule has 2 saturated carbocycles. The number of alkyl halides is 6. The maximum absolute atomic E-state index is 14.0. The molecule has 0 bridgehead atoms. The van der Waals surface area contributed by atoms with Crippen LogP contribution >= 0.6 is 0 Å². The minimum Gasteiger partial charge on any atom is -0.337 e. The molecule has 0 N–H and O–H groups in total. The van der Waals surface area contributed by atoms with Crippen LogP contribution in [0.2, 0.25) is 0 Å². The van der Waals surface area contributed by atoms with Gasteiger partial charge in [-0.2, -0.15) is 31.4 Å². The largest absolute Gasteiger partial charge is 0.435 e. The van der Waals surface area contributed by atoms with E-state index in [-0.39, 0.29) is 30.5 Å². The summed E-state index contributed by atoms with van der Waals surface area (Å²) >= 11 is 0. The zero-order valence-corrected chi connectivity index (χ0v) is 21.4. The summed E-state index contributed by atoms with van der Waals surface area (Å²) in [5, 5.41) is 3.75. The molecule has 6 rings (SSSR count). The van der Waals surface area contributed by atoms with E-state index >= 15 is 0 Å². The molecule has 2 aromatic heterocycles. The van der Waals surface area contributed by atoms with Gasteiger partial charge in [0, 0.05) is 56.7 Å². The van der Waals surface area contributed by atoms with E-state index in [4.69, 9.17) is 0 Å². The number of pyridine rings is 1. The van der Waals surface area contributed by atoms with E-state index in [1.54, 1.807) is 4.90 Å². The molecule has 2 aliphatic heterocycles. The van der Waals surface area contributed by atoms with Crippen molar-refractivity contribution in [3.05, 3.63) is 47.0 Å². The predicted octanol–water partition coefficient (Wildman–Crippen LogP) is 5.49. The van der Waals surface area contributed by atoms with E-state index in [0.717, 1.165) is 63.5 Å². The van der Waals surface area contributed by atoms with Crippen LogP contribution in [0.1, 0.15) is 73.5 Å². The molecule has 6 nitrogen and oxygen atoms in total. The third-order valence-corrected chi connectivity index (χ3v) is 9.48. The molecule has 4 heterocycles. The lowest BCUT2D eigenvalue weighted by Gasteiger charge is -2.39. The van der Waals surface area contributed by atoms with Crippen LogP contribution in [-0.2, 0) is 30.1 Å². The van der Waals surface area contributed by atoms with Crippen molar-refractivity contribution >= 4 is 5.91 Å². The number of carbonyl (C=O) groups excluding carboxylic acids is 1. The van der Waals surface area contributed by atoms with Gasteiger partial charge in [-0.1, -0.05) is 6.42 Å². The highest BCUT2D eigenvalue weighted by Gasteiger charge is 2.57. The number of piperidine rings is 1. The zero-order chi connectivity index (χ0) is 27.6. The third-order valence-electron chi connectivity index (χ3n) is 9.48. The molecular weight excluding hydrogens is 524 g/mol. The fraction of sp³-hybridized carbons (Fsp3) is 0.667. The van der Waals surface area contributed by atoms with Crippen LogP contribution in [0.3, 0.4) is 0 Å². The average Bonchev–Trinajstić information content (AvgIpc) is 3.62. The number of carbonyl (C=O) groups is 1. The predicted molar refractivity (Wildman–Crippen MR) is 128 cm³/mol. The number of nitrogens with zero attached hydrogens (tertiary/aromatic N) is 5. The molecular formula is C27H31F6N5O. The van der Waals surface area contributed by atoms with Gasteiger partial charge < -0.3 is 9.80 Å². The van der Waals surface area contributed by atoms with Gasteiger partial charge in [0.2, 0.25) is 5.91 Å². The highest BCUT2D eigenvalue weighted by molar-refractivity contribution is 5.84. The van der Waals surface area contributed by atoms with Crippen molar-refractivity contribution in [3.63, 3.8) is 0 Å². The van der Waals surface area contributed by atoms with Crippen molar-refractivity contribution in [2.75, 3.05) is 19.6 Å². The molecule has 3 atom stereocenters. The number of halogens is 6. The summed E-state index contributed by atoms with van der Waals surface area (Å²) in [5.74, 6) is 0.302. The molecule has 0 aromatic carbocycles. The molecule has 212 valence electrons. The van der Waals surface area contributed by atoms with Crippen LogP contribution in [0.25, 0.3) is 0 Å². The van der Waals surface area contributed by atoms with Gasteiger partial charge in [0.05, 0.1) is 17.0 Å². The van der Waals surface area contributed by atoms with Gasteiger partial charge in [0.25, 0.3) is 0 Å². The minimum absolute atomic E-state index is 0.0571. The van der Waals surface area contributed by atoms with E-state index in [0.29, 0.717) is 37.1 Å². The van der Waals surface area contributed by atoms with Gasteiger partial charge in [0.15, 0.2) is 5.69 Å². The van der Waals surface area contributed by atoms with Crippen LogP contribution in [0.15, 0.2) is 24.5 Å². The summed E-state index contributed by atoms with van der Waals surface area (Å²) in [6, 6.07) is 2.28. The highest BCUT2D eigenvalue weighted by atomic mass is 19.4. The summed E-state index contributed by atoms with van der Waals surface area (Å²) in [7, 11) is 0. The summed E-state index contributed by atoms with van der Waals surface area (Å²) in [6.45, 7) is 2.07. The number of rotatable bonds is 3. The maximum Gasteiger partial charge on any atom is 0.435 e. The Bertz CT molecular complexity index is 1230. The van der Waals surface area contributed by atoms with E-state index in [1.165, 1.54) is 10.9 Å². The Morgan fingerprint density at radius 2 is 1.77 bits per heavy atom. The quantitative estimate of drug-likeness (QED) is 0.471. The molecule has 39 heavy (non-hydrogen) atoms. The second-order valence-electron chi connectivity index (χ2n) is 11.6. The first-order valence-corrected chi connectivity index (χ1v) is 13.6. The van der Waals surface area contributed by atoms with E-state index in [2.05, 4.69) is 15.0 Å². The summed E-state index contributed by atoms with van der Waals surface area (Å²) in [4.78, 5) is 22.2. The molecule has 2 aliphatic carbocycles. The number of likely N-dealkylation sites (tertiary alicyclic amines) is 1. The Labute approximate surface area is 222 Å². The van der Waals surface area contributed by atoms with Crippen LogP contribution in [0.4, 0.5) is 26.3 Å². The van der Waals surface area contributed by atoms with Crippen molar-refractivity contribution in [1.29, 1.82) is 0 Å². The number of hydrogen-bond donors (Lipinski definition) is 0. The van der Waals surface area contributed by atoms with E-state index in [9.17, 15) is 31.1 Å². The lowest BCUT2D eigenvalue weighted by molar-refractivity contribution is -0.145. The van der Waals surface area contributed by atoms with Crippen molar-refractivity contribution in [3.8, 4) is 0 Å². The Morgan fingerprint density at radius 3 is 2.46 bits per heavy atom. The van der Waals surface area contributed by atoms with E-state index < -0.39 is 29.0 Å². The summed E-state index contributed by atoms with van der Waals surface area (Å²) < 4.78 is 80.0. The normalized spacial score (nSPS) is 28.5. The molecule has 0 spiro atoms. The molecule has 0 unspecified atom stereocenters. The lowest BCUT2D eigenvalue weighted by atomic mass is 9.78. The minimum atomic E-state index is -4.48. The maximum atomic E-state index is 14.0. The van der Waals surface area contributed by atoms with Gasteiger partial charge in [-0.05, 0) is 62.1 Å². The summed E-state index contributed by atoms with van der Waals surface area (Å²) in [5.41, 5.74) is -1.06. The van der Waals surface area contributed by atoms with Crippen molar-refractivity contribution in [1.82, 2.24) is 24.6 Å². The molecule has 12 heteroatoms. The molecule has 0 radical (unpaired) electrons. The van der Waals surface area contributed by atoms with Crippen molar-refractivity contribution in [2.24, 2.45) is 11.3 Å². The van der Waals surface area contributed by atoms with Gasteiger partial charge >= 0.3 is 12.4 Å². The Hall–Kier alpha value is -2.63. The molecule has 3 fully saturated rings. The van der Waals surface area contributed by atoms with Crippen LogP contribution < -0.4 is 0 Å². The number of fused-ring (bicyclic) bond motifs is 2. The monoisotopic (exact) mass is 555 g/mol. The van der Waals surface area contributed by atoms with Crippen LogP contribution in [-0.4, -0.2) is 56.1 Å². The number of hydrogen-bond acceptors (Lipinski definition) is 4. The van der Waals surface area contributed by atoms with Gasteiger partial charge in [-0.25, -0.2) is 0 Å². The Kier molecular flexibility index (Phi) is 6.47. The molecule has 1 saturated heterocycles. The number of amides is 1. The first kappa shape index (κ1) is 26.6. The van der Waals surface area contributed by atoms with Crippen LogP contribution in [0, 0.1) is 11.3 Å². The second kappa shape index (κ2) is 9.49. The Morgan fingerprint density at radius 1 is 1.00 bits per heavy atom. The molecule has 1 amide bonds. The van der Waals surface area contributed by atoms with Crippen LogP contribution in [0.5, 0.6) is 0 Å². The topological polar surface area (TPSA) is 54.3 Å². The van der Waals surface area contributed by atoms with Gasteiger partial charge in [-0.15, -0.1) is 0 Å². The molecule has 4 aliphatic rings. The van der Waals surface area contributed by atoms with Crippen molar-refractivity contribution < 1.29 is 31.1 Å². The van der Waals surface area contributed by atoms with E-state index in [1.807, 2.05) is 0 Å². The smallest absolute Gasteiger partial charge is 0.337 e. The lowest BCUT2D eigenvalue weighted by Crippen LogP contribution is -2.47. The Balaban J connectivity index is 1.12. The highest BCUT2D eigenvalue weighted by Crippen LogP contribution is 2.57. The second-order valence-corrected chi connectivity index (χ2v) is 11.6.